The maximum absolute atomic E-state index is 12.8. The van der Waals surface area contributed by atoms with Gasteiger partial charge in [-0.25, -0.2) is 9.79 Å². The molecule has 34 heavy (non-hydrogen) atoms. The zero-order valence-electron chi connectivity index (χ0n) is 18.6. The van der Waals surface area contributed by atoms with Crippen LogP contribution in [-0.2, 0) is 9.53 Å². The maximum Gasteiger partial charge on any atom is 0.344 e. The summed E-state index contributed by atoms with van der Waals surface area (Å²) < 4.78 is 17.0. The number of aliphatic hydroxyl groups excluding tert-OH is 1. The number of aliphatic imine (C=N–C) groups is 1. The standard InChI is InChI=1S/C24H21ClINO6S/c1-4-32-17-11-13(10-16(26)21(17)31-3)12-18-20(28)19(24(30)33-5-2)23(34-18)27-22(29)14-8-6-7-9-15(14)25/h6-12,28H,4-5H2,1-3H3/b18-12-,27-23?. The predicted octanol–water partition coefficient (Wildman–Crippen LogP) is 6.05. The Bertz CT molecular complexity index is 1220. The zero-order valence-corrected chi connectivity index (χ0v) is 22.3. The molecule has 1 aliphatic heterocycles. The second kappa shape index (κ2) is 11.8. The van der Waals surface area contributed by atoms with Crippen LogP contribution in [0.1, 0.15) is 29.8 Å². The summed E-state index contributed by atoms with van der Waals surface area (Å²) in [5.41, 5.74) is 0.708. The number of rotatable bonds is 7. The molecule has 0 unspecified atom stereocenters. The van der Waals surface area contributed by atoms with E-state index < -0.39 is 11.9 Å². The molecular formula is C24H21ClINO6S. The molecule has 10 heteroatoms. The Kier molecular flexibility index (Phi) is 9.03. The molecule has 7 nitrogen and oxygen atoms in total. The van der Waals surface area contributed by atoms with Gasteiger partial charge in [0.25, 0.3) is 5.91 Å². The molecule has 1 heterocycles. The maximum atomic E-state index is 12.8. The highest BCUT2D eigenvalue weighted by atomic mass is 127. The van der Waals surface area contributed by atoms with E-state index in [1.54, 1.807) is 44.4 Å². The number of aliphatic hydroxyl groups is 1. The normalized spacial score (nSPS) is 15.7. The molecule has 1 N–H and O–H groups in total. The van der Waals surface area contributed by atoms with Crippen molar-refractivity contribution < 1.29 is 28.9 Å². The average molecular weight is 614 g/mol. The highest BCUT2D eigenvalue weighted by Gasteiger charge is 2.34. The van der Waals surface area contributed by atoms with Crippen LogP contribution in [0.2, 0.25) is 5.02 Å². The number of esters is 1. The van der Waals surface area contributed by atoms with Gasteiger partial charge in [-0.3, -0.25) is 4.79 Å². The van der Waals surface area contributed by atoms with Crippen LogP contribution in [0.25, 0.3) is 6.08 Å². The summed E-state index contributed by atoms with van der Waals surface area (Å²) in [5.74, 6) is -0.590. The fourth-order valence-electron chi connectivity index (χ4n) is 3.06. The van der Waals surface area contributed by atoms with Crippen LogP contribution in [0, 0.1) is 3.57 Å². The number of halogens is 2. The first-order chi connectivity index (χ1) is 16.3. The van der Waals surface area contributed by atoms with Crippen molar-refractivity contribution in [3.8, 4) is 11.5 Å². The topological polar surface area (TPSA) is 94.4 Å². The van der Waals surface area contributed by atoms with E-state index >= 15 is 0 Å². The lowest BCUT2D eigenvalue weighted by atomic mass is 10.1. The highest BCUT2D eigenvalue weighted by molar-refractivity contribution is 14.1. The van der Waals surface area contributed by atoms with Crippen LogP contribution in [0.3, 0.4) is 0 Å². The van der Waals surface area contributed by atoms with E-state index in [1.165, 1.54) is 6.07 Å². The van der Waals surface area contributed by atoms with E-state index in [4.69, 9.17) is 25.8 Å². The Labute approximate surface area is 220 Å². The summed E-state index contributed by atoms with van der Waals surface area (Å²) in [6.45, 7) is 4.05. The second-order valence-electron chi connectivity index (χ2n) is 6.72. The summed E-state index contributed by atoms with van der Waals surface area (Å²) in [6, 6.07) is 10.1. The van der Waals surface area contributed by atoms with Crippen molar-refractivity contribution >= 4 is 68.9 Å². The van der Waals surface area contributed by atoms with E-state index in [1.807, 2.05) is 13.0 Å². The third-order valence-electron chi connectivity index (χ3n) is 4.51. The minimum absolute atomic E-state index is 0.0281. The van der Waals surface area contributed by atoms with Gasteiger partial charge in [0.15, 0.2) is 11.5 Å². The van der Waals surface area contributed by atoms with Crippen molar-refractivity contribution in [3.05, 3.63) is 72.4 Å². The van der Waals surface area contributed by atoms with Crippen LogP contribution in [0.5, 0.6) is 11.5 Å². The van der Waals surface area contributed by atoms with Crippen molar-refractivity contribution in [1.82, 2.24) is 0 Å². The van der Waals surface area contributed by atoms with Gasteiger partial charge in [-0.2, -0.15) is 0 Å². The van der Waals surface area contributed by atoms with E-state index in [9.17, 15) is 14.7 Å². The molecule has 3 rings (SSSR count). The van der Waals surface area contributed by atoms with Gasteiger partial charge in [0.05, 0.1) is 39.4 Å². The van der Waals surface area contributed by atoms with Crippen LogP contribution in [0.15, 0.2) is 57.6 Å². The third-order valence-corrected chi connectivity index (χ3v) is 6.66. The number of amides is 1. The fraction of sp³-hybridized carbons (Fsp3) is 0.208. The van der Waals surface area contributed by atoms with E-state index in [0.717, 1.165) is 15.3 Å². The molecule has 0 aromatic heterocycles. The first-order valence-corrected chi connectivity index (χ1v) is 12.5. The van der Waals surface area contributed by atoms with E-state index in [-0.39, 0.29) is 33.6 Å². The van der Waals surface area contributed by atoms with Crippen LogP contribution >= 0.6 is 46.0 Å². The largest absolute Gasteiger partial charge is 0.506 e. The summed E-state index contributed by atoms with van der Waals surface area (Å²) in [4.78, 5) is 29.8. The minimum atomic E-state index is -0.777. The molecule has 0 atom stereocenters. The number of hydrogen-bond donors (Lipinski definition) is 1. The van der Waals surface area contributed by atoms with Gasteiger partial charge in [0.2, 0.25) is 0 Å². The van der Waals surface area contributed by atoms with Crippen molar-refractivity contribution in [1.29, 1.82) is 0 Å². The molecule has 0 spiro atoms. The summed E-state index contributed by atoms with van der Waals surface area (Å²) in [6.07, 6.45) is 1.67. The van der Waals surface area contributed by atoms with Crippen molar-refractivity contribution in [3.63, 3.8) is 0 Å². The van der Waals surface area contributed by atoms with Crippen LogP contribution in [-0.4, -0.2) is 42.4 Å². The van der Waals surface area contributed by atoms with Gasteiger partial charge in [-0.05, 0) is 72.3 Å². The molecule has 178 valence electrons. The van der Waals surface area contributed by atoms with Crippen LogP contribution in [0.4, 0.5) is 0 Å². The highest BCUT2D eigenvalue weighted by Crippen LogP contribution is 2.41. The molecule has 0 aliphatic carbocycles. The number of nitrogens with zero attached hydrogens (tertiary/aromatic N) is 1. The monoisotopic (exact) mass is 613 g/mol. The molecule has 0 fully saturated rings. The number of ether oxygens (including phenoxy) is 3. The molecular weight excluding hydrogens is 593 g/mol. The molecule has 2 aromatic rings. The van der Waals surface area contributed by atoms with Gasteiger partial charge >= 0.3 is 5.97 Å². The Morgan fingerprint density at radius 1 is 1.21 bits per heavy atom. The first-order valence-electron chi connectivity index (χ1n) is 10.2. The van der Waals surface area contributed by atoms with Crippen molar-refractivity contribution in [2.24, 2.45) is 4.99 Å². The van der Waals surface area contributed by atoms with E-state index in [2.05, 4.69) is 27.6 Å². The number of methoxy groups -OCH3 is 1. The van der Waals surface area contributed by atoms with Gasteiger partial charge in [-0.1, -0.05) is 35.5 Å². The Balaban J connectivity index is 2.07. The Morgan fingerprint density at radius 3 is 2.59 bits per heavy atom. The molecule has 1 aliphatic rings. The summed E-state index contributed by atoms with van der Waals surface area (Å²) >= 11 is 9.23. The lowest BCUT2D eigenvalue weighted by Crippen LogP contribution is -2.14. The van der Waals surface area contributed by atoms with Crippen molar-refractivity contribution in [2.45, 2.75) is 13.8 Å². The lowest BCUT2D eigenvalue weighted by molar-refractivity contribution is -0.138. The second-order valence-corrected chi connectivity index (χ2v) is 9.32. The number of carbonyl (C=O) groups excluding carboxylic acids is 2. The van der Waals surface area contributed by atoms with Crippen molar-refractivity contribution in [2.75, 3.05) is 20.3 Å². The number of benzene rings is 2. The van der Waals surface area contributed by atoms with Gasteiger partial charge in [-0.15, -0.1) is 0 Å². The Hall–Kier alpha value is -2.50. The van der Waals surface area contributed by atoms with Gasteiger partial charge < -0.3 is 19.3 Å². The number of thioether (sulfide) groups is 1. The predicted molar refractivity (Wildman–Crippen MR) is 142 cm³/mol. The molecule has 0 bridgehead atoms. The molecule has 0 saturated heterocycles. The summed E-state index contributed by atoms with van der Waals surface area (Å²) in [5, 5.41) is 11.1. The molecule has 0 radical (unpaired) electrons. The Morgan fingerprint density at radius 2 is 1.94 bits per heavy atom. The minimum Gasteiger partial charge on any atom is -0.506 e. The molecule has 0 saturated carbocycles. The zero-order chi connectivity index (χ0) is 24.8. The first kappa shape index (κ1) is 26.1. The van der Waals surface area contributed by atoms with Gasteiger partial charge in [0, 0.05) is 0 Å². The third kappa shape index (κ3) is 5.76. The number of carbonyl (C=O) groups is 2. The smallest absolute Gasteiger partial charge is 0.344 e. The number of hydrogen-bond acceptors (Lipinski definition) is 7. The van der Waals surface area contributed by atoms with Crippen LogP contribution < -0.4 is 9.47 Å². The molecule has 2 aromatic carbocycles. The summed E-state index contributed by atoms with van der Waals surface area (Å²) in [7, 11) is 1.56. The SMILES string of the molecule is CCOC(=O)C1=C(O)/C(=C/c2cc(I)c(OC)c(OCC)c2)SC1=NC(=O)c1ccccc1Cl. The average Bonchev–Trinajstić information content (AvgIpc) is 3.08. The van der Waals surface area contributed by atoms with E-state index in [0.29, 0.717) is 28.6 Å². The lowest BCUT2D eigenvalue weighted by Gasteiger charge is -2.12. The fourth-order valence-corrected chi connectivity index (χ4v) is 5.14. The van der Waals surface area contributed by atoms with Gasteiger partial charge in [0.1, 0.15) is 16.4 Å². The molecule has 1 amide bonds. The quantitative estimate of drug-likeness (QED) is 0.300.